The molecule has 100 valence electrons. The fourth-order valence-electron chi connectivity index (χ4n) is 2.43. The molecule has 4 atom stereocenters. The van der Waals surface area contributed by atoms with Crippen molar-refractivity contribution >= 4 is 5.82 Å². The van der Waals surface area contributed by atoms with Crippen LogP contribution < -0.4 is 11.4 Å². The fraction of sp³-hybridized carbons (Fsp3) is 0.667. The van der Waals surface area contributed by atoms with Crippen molar-refractivity contribution < 1.29 is 9.47 Å². The van der Waals surface area contributed by atoms with Crippen LogP contribution in [-0.2, 0) is 9.47 Å². The highest BCUT2D eigenvalue weighted by Gasteiger charge is 2.41. The van der Waals surface area contributed by atoms with Gasteiger partial charge in [0.2, 0.25) is 0 Å². The van der Waals surface area contributed by atoms with Crippen LogP contribution in [0, 0.1) is 5.92 Å². The molecule has 0 saturated carbocycles. The fourth-order valence-corrected chi connectivity index (χ4v) is 2.43. The molecule has 0 spiro atoms. The summed E-state index contributed by atoms with van der Waals surface area (Å²) in [5.41, 5.74) is 5.08. The third-order valence-corrected chi connectivity index (χ3v) is 3.27. The van der Waals surface area contributed by atoms with Crippen LogP contribution in [0.1, 0.15) is 27.0 Å². The molecular formula is C12H19N3O3. The minimum absolute atomic E-state index is 0.00977. The summed E-state index contributed by atoms with van der Waals surface area (Å²) in [6, 6.07) is 1.59. The van der Waals surface area contributed by atoms with Gasteiger partial charge in [-0.25, -0.2) is 4.79 Å². The van der Waals surface area contributed by atoms with E-state index in [2.05, 4.69) is 4.98 Å². The average Bonchev–Trinajstić information content (AvgIpc) is 2.58. The summed E-state index contributed by atoms with van der Waals surface area (Å²) in [4.78, 5) is 15.5. The molecule has 1 aromatic heterocycles. The van der Waals surface area contributed by atoms with Gasteiger partial charge in [-0.05, 0) is 19.9 Å². The van der Waals surface area contributed by atoms with E-state index < -0.39 is 5.69 Å². The molecule has 1 fully saturated rings. The maximum absolute atomic E-state index is 11.8. The highest BCUT2D eigenvalue weighted by molar-refractivity contribution is 5.23. The van der Waals surface area contributed by atoms with Gasteiger partial charge >= 0.3 is 5.69 Å². The van der Waals surface area contributed by atoms with Crippen molar-refractivity contribution in [2.75, 3.05) is 12.3 Å². The molecule has 2 rings (SSSR count). The summed E-state index contributed by atoms with van der Waals surface area (Å²) < 4.78 is 12.9. The second-order valence-electron chi connectivity index (χ2n) is 4.55. The maximum atomic E-state index is 11.8. The minimum atomic E-state index is -0.392. The van der Waals surface area contributed by atoms with E-state index in [0.717, 1.165) is 0 Å². The van der Waals surface area contributed by atoms with Crippen LogP contribution in [0.3, 0.4) is 0 Å². The second kappa shape index (κ2) is 5.07. The first-order valence-electron chi connectivity index (χ1n) is 6.16. The Morgan fingerprint density at radius 1 is 1.56 bits per heavy atom. The third kappa shape index (κ3) is 2.26. The Morgan fingerprint density at radius 3 is 2.89 bits per heavy atom. The van der Waals surface area contributed by atoms with E-state index in [4.69, 9.17) is 15.2 Å². The van der Waals surface area contributed by atoms with E-state index in [0.29, 0.717) is 6.61 Å². The molecule has 0 bridgehead atoms. The smallest absolute Gasteiger partial charge is 0.351 e. The Bertz CT molecular complexity index is 474. The van der Waals surface area contributed by atoms with Crippen molar-refractivity contribution in [1.29, 1.82) is 0 Å². The Balaban J connectivity index is 2.27. The summed E-state index contributed by atoms with van der Waals surface area (Å²) in [5, 5.41) is 0. The lowest BCUT2D eigenvalue weighted by Crippen LogP contribution is -2.31. The van der Waals surface area contributed by atoms with Gasteiger partial charge in [0.15, 0.2) is 0 Å². The highest BCUT2D eigenvalue weighted by atomic mass is 16.6. The molecule has 0 aliphatic carbocycles. The standard InChI is InChI=1S/C12H19N3O3/c1-4-17-10-7(2)11(18-8(10)3)15-6-5-9(13)14-12(15)16/h5-8,10-11H,4H2,1-3H3,(H2,13,14,16). The molecule has 0 amide bonds. The van der Waals surface area contributed by atoms with Crippen LogP contribution >= 0.6 is 0 Å². The lowest BCUT2D eigenvalue weighted by atomic mass is 10.0. The van der Waals surface area contributed by atoms with E-state index in [-0.39, 0.29) is 30.2 Å². The van der Waals surface area contributed by atoms with Crippen molar-refractivity contribution in [3.8, 4) is 0 Å². The molecule has 6 nitrogen and oxygen atoms in total. The van der Waals surface area contributed by atoms with Crippen molar-refractivity contribution in [1.82, 2.24) is 9.55 Å². The first-order chi connectivity index (χ1) is 8.54. The Morgan fingerprint density at radius 2 is 2.28 bits per heavy atom. The van der Waals surface area contributed by atoms with Crippen molar-refractivity contribution in [3.63, 3.8) is 0 Å². The quantitative estimate of drug-likeness (QED) is 0.861. The summed E-state index contributed by atoms with van der Waals surface area (Å²) in [7, 11) is 0. The predicted molar refractivity (Wildman–Crippen MR) is 67.1 cm³/mol. The van der Waals surface area contributed by atoms with Crippen molar-refractivity contribution in [2.45, 2.75) is 39.2 Å². The monoisotopic (exact) mass is 253 g/mol. The van der Waals surface area contributed by atoms with Crippen LogP contribution in [0.2, 0.25) is 0 Å². The van der Waals surface area contributed by atoms with Gasteiger partial charge in [-0.15, -0.1) is 0 Å². The van der Waals surface area contributed by atoms with Gasteiger partial charge in [-0.2, -0.15) is 4.98 Å². The second-order valence-corrected chi connectivity index (χ2v) is 4.55. The summed E-state index contributed by atoms with van der Waals surface area (Å²) >= 11 is 0. The van der Waals surface area contributed by atoms with E-state index >= 15 is 0 Å². The number of aromatic nitrogens is 2. The number of rotatable bonds is 3. The van der Waals surface area contributed by atoms with E-state index in [1.807, 2.05) is 20.8 Å². The van der Waals surface area contributed by atoms with Crippen LogP contribution in [-0.4, -0.2) is 28.4 Å². The van der Waals surface area contributed by atoms with Gasteiger partial charge in [-0.1, -0.05) is 6.92 Å². The largest absolute Gasteiger partial charge is 0.383 e. The number of hydrogen-bond acceptors (Lipinski definition) is 5. The zero-order valence-corrected chi connectivity index (χ0v) is 10.9. The van der Waals surface area contributed by atoms with E-state index in [9.17, 15) is 4.79 Å². The van der Waals surface area contributed by atoms with E-state index in [1.54, 1.807) is 12.3 Å². The van der Waals surface area contributed by atoms with Crippen LogP contribution in [0.4, 0.5) is 5.82 Å². The summed E-state index contributed by atoms with van der Waals surface area (Å²) in [6.07, 6.45) is 1.21. The number of nitrogens with two attached hydrogens (primary N) is 1. The molecule has 1 aliphatic rings. The highest BCUT2D eigenvalue weighted by Crippen LogP contribution is 2.35. The van der Waals surface area contributed by atoms with Crippen LogP contribution in [0.5, 0.6) is 0 Å². The van der Waals surface area contributed by atoms with Crippen molar-refractivity contribution in [2.24, 2.45) is 5.92 Å². The summed E-state index contributed by atoms with van der Waals surface area (Å²) in [5.74, 6) is 0.305. The Labute approximate surface area is 106 Å². The molecule has 0 radical (unpaired) electrons. The molecular weight excluding hydrogens is 234 g/mol. The Hall–Kier alpha value is -1.40. The molecule has 1 saturated heterocycles. The number of ether oxygens (including phenoxy) is 2. The number of anilines is 1. The lowest BCUT2D eigenvalue weighted by Gasteiger charge is -2.20. The van der Waals surface area contributed by atoms with Gasteiger partial charge in [-0.3, -0.25) is 4.57 Å². The molecule has 2 N–H and O–H groups in total. The van der Waals surface area contributed by atoms with Gasteiger partial charge in [0.1, 0.15) is 12.0 Å². The molecule has 18 heavy (non-hydrogen) atoms. The van der Waals surface area contributed by atoms with Gasteiger partial charge in [0.05, 0.1) is 12.2 Å². The van der Waals surface area contributed by atoms with Gasteiger partial charge in [0, 0.05) is 18.7 Å². The minimum Gasteiger partial charge on any atom is -0.383 e. The summed E-state index contributed by atoms with van der Waals surface area (Å²) in [6.45, 7) is 6.54. The van der Waals surface area contributed by atoms with Crippen LogP contribution in [0.25, 0.3) is 0 Å². The molecule has 1 aliphatic heterocycles. The molecule has 6 heteroatoms. The normalized spacial score (nSPS) is 31.7. The first kappa shape index (κ1) is 13.0. The molecule has 2 heterocycles. The average molecular weight is 253 g/mol. The third-order valence-electron chi connectivity index (χ3n) is 3.27. The maximum Gasteiger partial charge on any atom is 0.351 e. The van der Waals surface area contributed by atoms with E-state index in [1.165, 1.54) is 4.57 Å². The molecule has 0 aromatic carbocycles. The molecule has 4 unspecified atom stereocenters. The first-order valence-corrected chi connectivity index (χ1v) is 6.16. The number of nitrogens with zero attached hydrogens (tertiary/aromatic N) is 2. The topological polar surface area (TPSA) is 79.4 Å². The van der Waals surface area contributed by atoms with Gasteiger partial charge < -0.3 is 15.2 Å². The molecule has 1 aromatic rings. The van der Waals surface area contributed by atoms with Crippen molar-refractivity contribution in [3.05, 3.63) is 22.7 Å². The van der Waals surface area contributed by atoms with Crippen LogP contribution in [0.15, 0.2) is 17.1 Å². The number of nitrogen functional groups attached to an aromatic ring is 1. The number of hydrogen-bond donors (Lipinski definition) is 1. The Kier molecular flexibility index (Phi) is 3.68. The van der Waals surface area contributed by atoms with Gasteiger partial charge in [0.25, 0.3) is 0 Å². The zero-order valence-electron chi connectivity index (χ0n) is 10.9. The SMILES string of the molecule is CCOC1C(C)OC(n2ccc(N)nc2=O)C1C. The predicted octanol–water partition coefficient (Wildman–Crippen LogP) is 0.784. The lowest BCUT2D eigenvalue weighted by molar-refractivity contribution is -0.0271. The zero-order chi connectivity index (χ0) is 13.3.